The van der Waals surface area contributed by atoms with Crippen molar-refractivity contribution in [3.63, 3.8) is 0 Å². The highest BCUT2D eigenvalue weighted by atomic mass is 16.5. The summed E-state index contributed by atoms with van der Waals surface area (Å²) in [5.41, 5.74) is 0.816. The first-order chi connectivity index (χ1) is 11.0. The summed E-state index contributed by atoms with van der Waals surface area (Å²) in [6, 6.07) is 6.44. The van der Waals surface area contributed by atoms with E-state index in [2.05, 4.69) is 0 Å². The maximum absolute atomic E-state index is 12.2. The van der Waals surface area contributed by atoms with E-state index in [-0.39, 0.29) is 25.2 Å². The zero-order valence-corrected chi connectivity index (χ0v) is 13.3. The maximum Gasteiger partial charge on any atom is 0.328 e. The summed E-state index contributed by atoms with van der Waals surface area (Å²) in [5.74, 6) is -0.668. The van der Waals surface area contributed by atoms with Gasteiger partial charge in [-0.3, -0.25) is 4.79 Å². The molecule has 1 aromatic carbocycles. The summed E-state index contributed by atoms with van der Waals surface area (Å²) in [7, 11) is 0. The smallest absolute Gasteiger partial charge is 0.328 e. The van der Waals surface area contributed by atoms with E-state index in [9.17, 15) is 9.59 Å². The maximum atomic E-state index is 12.2. The molecule has 1 aliphatic heterocycles. The van der Waals surface area contributed by atoms with Crippen LogP contribution >= 0.6 is 0 Å². The van der Waals surface area contributed by atoms with Crippen molar-refractivity contribution in [2.75, 3.05) is 19.8 Å². The molecule has 23 heavy (non-hydrogen) atoms. The van der Waals surface area contributed by atoms with Crippen molar-refractivity contribution >= 4 is 18.0 Å². The Bertz CT molecular complexity index is 596. The number of rotatable bonds is 5. The normalized spacial score (nSPS) is 18.4. The minimum atomic E-state index is -1.06. The Morgan fingerprint density at radius 2 is 2.22 bits per heavy atom. The van der Waals surface area contributed by atoms with E-state index in [1.54, 1.807) is 6.08 Å². The van der Waals surface area contributed by atoms with Crippen molar-refractivity contribution < 1.29 is 24.2 Å². The lowest BCUT2D eigenvalue weighted by atomic mass is 10.1. The zero-order chi connectivity index (χ0) is 16.8. The van der Waals surface area contributed by atoms with Crippen molar-refractivity contribution in [3.8, 4) is 5.75 Å². The molecule has 1 fully saturated rings. The fraction of sp³-hybridized carbons (Fsp3) is 0.412. The highest BCUT2D eigenvalue weighted by molar-refractivity contribution is 5.94. The standard InChI is InChI=1S/C17H21NO5/c1-12(2)23-14-5-3-4-13(10-14)6-7-16(19)18-8-9-22-11-15(18)17(20)21/h3-7,10,12,15H,8-9,11H2,1-2H3,(H,20,21)/b7-6+. The van der Waals surface area contributed by atoms with Gasteiger partial charge in [0.2, 0.25) is 5.91 Å². The van der Waals surface area contributed by atoms with Crippen LogP contribution in [0.15, 0.2) is 30.3 Å². The lowest BCUT2D eigenvalue weighted by Gasteiger charge is -2.31. The van der Waals surface area contributed by atoms with Crippen LogP contribution in [0.1, 0.15) is 19.4 Å². The molecule has 1 unspecified atom stereocenters. The molecule has 1 amide bonds. The van der Waals surface area contributed by atoms with Crippen LogP contribution in [0.4, 0.5) is 0 Å². The van der Waals surface area contributed by atoms with E-state index in [0.29, 0.717) is 6.61 Å². The predicted molar refractivity (Wildman–Crippen MR) is 85.2 cm³/mol. The molecular formula is C17H21NO5. The van der Waals surface area contributed by atoms with Crippen molar-refractivity contribution in [2.45, 2.75) is 26.0 Å². The zero-order valence-electron chi connectivity index (χ0n) is 13.3. The molecule has 1 atom stereocenters. The highest BCUT2D eigenvalue weighted by Crippen LogP contribution is 2.16. The van der Waals surface area contributed by atoms with Crippen molar-refractivity contribution in [3.05, 3.63) is 35.9 Å². The van der Waals surface area contributed by atoms with E-state index < -0.39 is 12.0 Å². The number of carbonyl (C=O) groups is 2. The molecule has 1 aliphatic rings. The number of aliphatic carboxylic acids is 1. The van der Waals surface area contributed by atoms with Crippen LogP contribution in [0.5, 0.6) is 5.75 Å². The molecule has 6 heteroatoms. The van der Waals surface area contributed by atoms with E-state index >= 15 is 0 Å². The molecule has 0 spiro atoms. The van der Waals surface area contributed by atoms with Gasteiger partial charge in [0, 0.05) is 12.6 Å². The number of carboxylic acid groups (broad SMARTS) is 1. The van der Waals surface area contributed by atoms with E-state index in [1.807, 2.05) is 38.1 Å². The number of morpholine rings is 1. The topological polar surface area (TPSA) is 76.1 Å². The molecule has 1 aromatic rings. The van der Waals surface area contributed by atoms with Crippen molar-refractivity contribution in [2.24, 2.45) is 0 Å². The second kappa shape index (κ2) is 7.78. The van der Waals surface area contributed by atoms with Crippen LogP contribution in [-0.4, -0.2) is 53.8 Å². The van der Waals surface area contributed by atoms with Gasteiger partial charge < -0.3 is 19.5 Å². The summed E-state index contributed by atoms with van der Waals surface area (Å²) in [6.07, 6.45) is 3.11. The van der Waals surface area contributed by atoms with Gasteiger partial charge >= 0.3 is 5.97 Å². The summed E-state index contributed by atoms with van der Waals surface area (Å²) < 4.78 is 10.7. The average molecular weight is 319 g/mol. The summed E-state index contributed by atoms with van der Waals surface area (Å²) in [4.78, 5) is 24.7. The van der Waals surface area contributed by atoms with Crippen LogP contribution < -0.4 is 4.74 Å². The molecule has 124 valence electrons. The largest absolute Gasteiger partial charge is 0.491 e. The third kappa shape index (κ3) is 4.82. The minimum Gasteiger partial charge on any atom is -0.491 e. The molecule has 1 N–H and O–H groups in total. The average Bonchev–Trinajstić information content (AvgIpc) is 2.52. The Morgan fingerprint density at radius 3 is 2.91 bits per heavy atom. The number of carboxylic acids is 1. The molecule has 1 saturated heterocycles. The van der Waals surface area contributed by atoms with Gasteiger partial charge in [0.05, 0.1) is 19.3 Å². The highest BCUT2D eigenvalue weighted by Gasteiger charge is 2.31. The van der Waals surface area contributed by atoms with Gasteiger partial charge in [-0.1, -0.05) is 12.1 Å². The van der Waals surface area contributed by atoms with Gasteiger partial charge in [0.15, 0.2) is 6.04 Å². The number of nitrogens with zero attached hydrogens (tertiary/aromatic N) is 1. The van der Waals surface area contributed by atoms with Gasteiger partial charge in [0.1, 0.15) is 5.75 Å². The minimum absolute atomic E-state index is 0.0205. The monoisotopic (exact) mass is 319 g/mol. The number of hydrogen-bond acceptors (Lipinski definition) is 4. The number of amides is 1. The number of benzene rings is 1. The van der Waals surface area contributed by atoms with Crippen LogP contribution in [0.3, 0.4) is 0 Å². The number of carbonyl (C=O) groups excluding carboxylic acids is 1. The van der Waals surface area contributed by atoms with E-state index in [1.165, 1.54) is 11.0 Å². The van der Waals surface area contributed by atoms with Crippen LogP contribution in [-0.2, 0) is 14.3 Å². The second-order valence-corrected chi connectivity index (χ2v) is 5.53. The number of ether oxygens (including phenoxy) is 2. The van der Waals surface area contributed by atoms with Crippen LogP contribution in [0, 0.1) is 0 Å². The third-order valence-corrected chi connectivity index (χ3v) is 3.34. The van der Waals surface area contributed by atoms with Crippen molar-refractivity contribution in [1.82, 2.24) is 4.90 Å². The third-order valence-electron chi connectivity index (χ3n) is 3.34. The fourth-order valence-electron chi connectivity index (χ4n) is 2.30. The van der Waals surface area contributed by atoms with Gasteiger partial charge in [-0.25, -0.2) is 4.79 Å². The van der Waals surface area contributed by atoms with Gasteiger partial charge in [-0.2, -0.15) is 0 Å². The Kier molecular flexibility index (Phi) is 5.76. The van der Waals surface area contributed by atoms with E-state index in [0.717, 1.165) is 11.3 Å². The lowest BCUT2D eigenvalue weighted by Crippen LogP contribution is -2.52. The van der Waals surface area contributed by atoms with E-state index in [4.69, 9.17) is 14.6 Å². The van der Waals surface area contributed by atoms with Gasteiger partial charge in [-0.15, -0.1) is 0 Å². The Labute approximate surface area is 135 Å². The van der Waals surface area contributed by atoms with Gasteiger partial charge in [0.25, 0.3) is 0 Å². The summed E-state index contributed by atoms with van der Waals surface area (Å²) in [5, 5.41) is 9.15. The first-order valence-electron chi connectivity index (χ1n) is 7.53. The second-order valence-electron chi connectivity index (χ2n) is 5.53. The Hall–Kier alpha value is -2.34. The molecule has 0 aliphatic carbocycles. The number of hydrogen-bond donors (Lipinski definition) is 1. The molecule has 0 radical (unpaired) electrons. The predicted octanol–water partition coefficient (Wildman–Crippen LogP) is 1.80. The SMILES string of the molecule is CC(C)Oc1cccc(/C=C/C(=O)N2CCOCC2C(=O)O)c1. The van der Waals surface area contributed by atoms with Crippen LogP contribution in [0.25, 0.3) is 6.08 Å². The Balaban J connectivity index is 2.06. The molecular weight excluding hydrogens is 298 g/mol. The molecule has 1 heterocycles. The van der Waals surface area contributed by atoms with Gasteiger partial charge in [-0.05, 0) is 37.6 Å². The molecule has 0 aromatic heterocycles. The lowest BCUT2D eigenvalue weighted by molar-refractivity contribution is -0.156. The fourth-order valence-corrected chi connectivity index (χ4v) is 2.30. The molecule has 2 rings (SSSR count). The summed E-state index contributed by atoms with van der Waals surface area (Å²) in [6.45, 7) is 4.53. The molecule has 0 bridgehead atoms. The quantitative estimate of drug-likeness (QED) is 0.838. The first-order valence-corrected chi connectivity index (χ1v) is 7.53. The van der Waals surface area contributed by atoms with Crippen molar-refractivity contribution in [1.29, 1.82) is 0 Å². The molecule has 6 nitrogen and oxygen atoms in total. The molecule has 0 saturated carbocycles. The first kappa shape index (κ1) is 17.0. The Morgan fingerprint density at radius 1 is 1.43 bits per heavy atom. The van der Waals surface area contributed by atoms with Crippen LogP contribution in [0.2, 0.25) is 0 Å². The summed E-state index contributed by atoms with van der Waals surface area (Å²) >= 11 is 0.